The largest absolute Gasteiger partial charge is 0.543 e. The molecule has 1 rings (SSSR count). The zero-order valence-electron chi connectivity index (χ0n) is 12.3. The van der Waals surface area contributed by atoms with Crippen LogP contribution in [0.15, 0.2) is 18.2 Å². The average Bonchev–Trinajstić information content (AvgIpc) is 2.21. The third kappa shape index (κ3) is 3.42. The van der Waals surface area contributed by atoms with Crippen molar-refractivity contribution in [1.82, 2.24) is 0 Å². The van der Waals surface area contributed by atoms with Gasteiger partial charge in [-0.15, -0.1) is 0 Å². The number of benzene rings is 1. The highest BCUT2D eigenvalue weighted by molar-refractivity contribution is 6.74. The Morgan fingerprint density at radius 1 is 1.22 bits per heavy atom. The highest BCUT2D eigenvalue weighted by Gasteiger charge is 2.39. The summed E-state index contributed by atoms with van der Waals surface area (Å²) in [7, 11) is -1.81. The maximum Gasteiger partial charge on any atom is 0.250 e. The van der Waals surface area contributed by atoms with Crippen molar-refractivity contribution < 1.29 is 9.16 Å². The Morgan fingerprint density at radius 2 is 1.83 bits per heavy atom. The van der Waals surface area contributed by atoms with Crippen LogP contribution in [0.25, 0.3) is 0 Å². The van der Waals surface area contributed by atoms with E-state index in [2.05, 4.69) is 33.9 Å². The lowest BCUT2D eigenvalue weighted by Crippen LogP contribution is -2.43. The monoisotopic (exact) mass is 267 g/mol. The van der Waals surface area contributed by atoms with E-state index in [0.717, 1.165) is 5.75 Å². The highest BCUT2D eigenvalue weighted by Crippen LogP contribution is 2.38. The first kappa shape index (κ1) is 14.9. The van der Waals surface area contributed by atoms with E-state index < -0.39 is 8.32 Å². The molecule has 0 unspecified atom stereocenters. The lowest BCUT2D eigenvalue weighted by molar-refractivity contribution is 0.340. The van der Waals surface area contributed by atoms with Gasteiger partial charge in [-0.25, -0.2) is 0 Å². The summed E-state index contributed by atoms with van der Waals surface area (Å²) in [5.74, 6) is 1.55. The first-order chi connectivity index (χ1) is 8.17. The third-order valence-corrected chi connectivity index (χ3v) is 7.82. The molecule has 2 N–H and O–H groups in total. The quantitative estimate of drug-likeness (QED) is 0.661. The van der Waals surface area contributed by atoms with Gasteiger partial charge in [0.15, 0.2) is 0 Å². The average molecular weight is 267 g/mol. The summed E-state index contributed by atoms with van der Waals surface area (Å²) in [5, 5.41) is 0.181. The number of ether oxygens (including phenoxy) is 1. The molecule has 3 nitrogen and oxygen atoms in total. The van der Waals surface area contributed by atoms with Crippen LogP contribution in [0.3, 0.4) is 0 Å². The minimum atomic E-state index is -1.81. The molecule has 0 bridgehead atoms. The summed E-state index contributed by atoms with van der Waals surface area (Å²) >= 11 is 0. The minimum Gasteiger partial charge on any atom is -0.543 e. The first-order valence-corrected chi connectivity index (χ1v) is 9.29. The number of rotatable bonds is 4. The molecule has 18 heavy (non-hydrogen) atoms. The van der Waals surface area contributed by atoms with Crippen molar-refractivity contribution in [2.75, 3.05) is 12.3 Å². The Bertz CT molecular complexity index is 411. The van der Waals surface area contributed by atoms with Crippen molar-refractivity contribution >= 4 is 14.0 Å². The van der Waals surface area contributed by atoms with Crippen LogP contribution in [0, 0.1) is 0 Å². The van der Waals surface area contributed by atoms with Crippen molar-refractivity contribution in [3.8, 4) is 11.5 Å². The number of anilines is 1. The SMILES string of the molecule is CCOc1cc(O[Si](C)(C)C(C)(C)C)ccc1N. The van der Waals surface area contributed by atoms with Crippen LogP contribution in [0.1, 0.15) is 27.7 Å². The van der Waals surface area contributed by atoms with Gasteiger partial charge in [0.05, 0.1) is 12.3 Å². The molecule has 0 saturated carbocycles. The van der Waals surface area contributed by atoms with Gasteiger partial charge in [0.1, 0.15) is 11.5 Å². The van der Waals surface area contributed by atoms with Gasteiger partial charge >= 0.3 is 0 Å². The molecule has 0 aliphatic rings. The molecule has 1 aromatic carbocycles. The second-order valence-corrected chi connectivity index (χ2v) is 10.7. The van der Waals surface area contributed by atoms with Crippen molar-refractivity contribution in [3.63, 3.8) is 0 Å². The first-order valence-electron chi connectivity index (χ1n) is 6.38. The number of hydrogen-bond donors (Lipinski definition) is 1. The van der Waals surface area contributed by atoms with Gasteiger partial charge in [-0.1, -0.05) is 20.8 Å². The van der Waals surface area contributed by atoms with E-state index in [1.54, 1.807) is 0 Å². The number of nitrogens with two attached hydrogens (primary N) is 1. The molecular formula is C14H25NO2Si. The topological polar surface area (TPSA) is 44.5 Å². The summed E-state index contributed by atoms with van der Waals surface area (Å²) < 4.78 is 11.7. The Balaban J connectivity index is 2.95. The Kier molecular flexibility index (Phi) is 4.32. The molecular weight excluding hydrogens is 242 g/mol. The molecule has 0 aliphatic heterocycles. The van der Waals surface area contributed by atoms with Gasteiger partial charge in [-0.05, 0) is 37.2 Å². The Hall–Kier alpha value is -1.16. The molecule has 0 atom stereocenters. The fourth-order valence-electron chi connectivity index (χ4n) is 1.31. The van der Waals surface area contributed by atoms with Gasteiger partial charge in [0, 0.05) is 6.07 Å². The van der Waals surface area contributed by atoms with Crippen LogP contribution in [-0.2, 0) is 0 Å². The fourth-order valence-corrected chi connectivity index (χ4v) is 2.33. The van der Waals surface area contributed by atoms with Crippen molar-refractivity contribution in [3.05, 3.63) is 18.2 Å². The predicted octanol–water partition coefficient (Wildman–Crippen LogP) is 4.05. The highest BCUT2D eigenvalue weighted by atomic mass is 28.4. The van der Waals surface area contributed by atoms with Crippen LogP contribution in [0.4, 0.5) is 5.69 Å². The Morgan fingerprint density at radius 3 is 2.33 bits per heavy atom. The summed E-state index contributed by atoms with van der Waals surface area (Å²) in [6.07, 6.45) is 0. The molecule has 1 aromatic rings. The maximum absolute atomic E-state index is 6.21. The Labute approximate surface area is 111 Å². The molecule has 0 spiro atoms. The normalized spacial score (nSPS) is 12.3. The lowest BCUT2D eigenvalue weighted by Gasteiger charge is -2.36. The second-order valence-electron chi connectivity index (χ2n) is 6.00. The van der Waals surface area contributed by atoms with Gasteiger partial charge in [-0.2, -0.15) is 0 Å². The zero-order valence-corrected chi connectivity index (χ0v) is 13.3. The molecule has 0 heterocycles. The smallest absolute Gasteiger partial charge is 0.250 e. The molecule has 0 aromatic heterocycles. The van der Waals surface area contributed by atoms with Crippen LogP contribution >= 0.6 is 0 Å². The van der Waals surface area contributed by atoms with Crippen molar-refractivity contribution in [2.45, 2.75) is 45.8 Å². The van der Waals surface area contributed by atoms with Crippen LogP contribution < -0.4 is 14.9 Å². The van der Waals surface area contributed by atoms with E-state index in [-0.39, 0.29) is 5.04 Å². The predicted molar refractivity (Wildman–Crippen MR) is 79.8 cm³/mol. The number of hydrogen-bond acceptors (Lipinski definition) is 3. The van der Waals surface area contributed by atoms with E-state index in [9.17, 15) is 0 Å². The van der Waals surface area contributed by atoms with E-state index in [1.807, 2.05) is 25.1 Å². The fraction of sp³-hybridized carbons (Fsp3) is 0.571. The van der Waals surface area contributed by atoms with Gasteiger partial charge < -0.3 is 14.9 Å². The van der Waals surface area contributed by atoms with E-state index in [4.69, 9.17) is 14.9 Å². The zero-order chi connectivity index (χ0) is 14.0. The van der Waals surface area contributed by atoms with E-state index in [1.165, 1.54) is 0 Å². The van der Waals surface area contributed by atoms with Crippen LogP contribution in [0.2, 0.25) is 18.1 Å². The second kappa shape index (κ2) is 5.22. The summed E-state index contributed by atoms with van der Waals surface area (Å²) in [6, 6.07) is 5.64. The molecule has 0 aliphatic carbocycles. The molecule has 0 amide bonds. The summed E-state index contributed by atoms with van der Waals surface area (Å²) in [4.78, 5) is 0. The summed E-state index contributed by atoms with van der Waals surface area (Å²) in [6.45, 7) is 13.7. The molecule has 0 saturated heterocycles. The molecule has 102 valence electrons. The molecule has 0 fully saturated rings. The lowest BCUT2D eigenvalue weighted by atomic mass is 10.2. The standard InChI is InChI=1S/C14H25NO2Si/c1-7-16-13-10-11(8-9-12(13)15)17-18(5,6)14(2,3)4/h8-10H,7,15H2,1-6H3. The third-order valence-electron chi connectivity index (χ3n) is 3.46. The molecule has 4 heteroatoms. The van der Waals surface area contributed by atoms with Crippen LogP contribution in [0.5, 0.6) is 11.5 Å². The summed E-state index contributed by atoms with van der Waals surface area (Å²) in [5.41, 5.74) is 6.51. The van der Waals surface area contributed by atoms with Crippen molar-refractivity contribution in [1.29, 1.82) is 0 Å². The minimum absolute atomic E-state index is 0.181. The van der Waals surface area contributed by atoms with Gasteiger partial charge in [-0.3, -0.25) is 0 Å². The van der Waals surface area contributed by atoms with Gasteiger partial charge in [0.25, 0.3) is 0 Å². The van der Waals surface area contributed by atoms with Crippen molar-refractivity contribution in [2.24, 2.45) is 0 Å². The van der Waals surface area contributed by atoms with E-state index >= 15 is 0 Å². The van der Waals surface area contributed by atoms with E-state index in [0.29, 0.717) is 18.0 Å². The number of nitrogen functional groups attached to an aromatic ring is 1. The maximum atomic E-state index is 6.21. The molecule has 0 radical (unpaired) electrons. The van der Waals surface area contributed by atoms with Crippen LogP contribution in [-0.4, -0.2) is 14.9 Å². The van der Waals surface area contributed by atoms with Gasteiger partial charge in [0.2, 0.25) is 8.32 Å².